The molecule has 20 heavy (non-hydrogen) atoms. The largest absolute Gasteiger partial charge is 0.480 e. The van der Waals surface area contributed by atoms with Crippen molar-refractivity contribution in [1.29, 1.82) is 0 Å². The molecule has 6 heteroatoms. The molecular formula is C14H27N3O3. The van der Waals surface area contributed by atoms with Gasteiger partial charge in [0.15, 0.2) is 0 Å². The number of carbonyl (C=O) groups excluding carboxylic acids is 1. The second-order valence-electron chi connectivity index (χ2n) is 5.78. The van der Waals surface area contributed by atoms with Gasteiger partial charge in [-0.3, -0.25) is 0 Å². The maximum absolute atomic E-state index is 11.7. The number of rotatable bonds is 7. The zero-order valence-corrected chi connectivity index (χ0v) is 12.7. The Bertz CT molecular complexity index is 334. The molecule has 1 saturated heterocycles. The van der Waals surface area contributed by atoms with E-state index >= 15 is 0 Å². The van der Waals surface area contributed by atoms with Crippen LogP contribution in [0.25, 0.3) is 0 Å². The van der Waals surface area contributed by atoms with Gasteiger partial charge in [0.25, 0.3) is 0 Å². The predicted octanol–water partition coefficient (Wildman–Crippen LogP) is 1.27. The minimum atomic E-state index is -0.978. The van der Waals surface area contributed by atoms with E-state index in [1.54, 1.807) is 0 Å². The van der Waals surface area contributed by atoms with E-state index in [0.29, 0.717) is 24.9 Å². The van der Waals surface area contributed by atoms with Gasteiger partial charge in [0.2, 0.25) is 0 Å². The summed E-state index contributed by atoms with van der Waals surface area (Å²) in [5.41, 5.74) is 0. The number of carbonyl (C=O) groups is 2. The Morgan fingerprint density at radius 2 is 2.10 bits per heavy atom. The first-order valence-electron chi connectivity index (χ1n) is 7.45. The maximum Gasteiger partial charge on any atom is 0.326 e. The Balaban J connectivity index is 2.28. The normalized spacial score (nSPS) is 20.9. The zero-order valence-electron chi connectivity index (χ0n) is 12.7. The average molecular weight is 285 g/mol. The summed E-state index contributed by atoms with van der Waals surface area (Å²) in [6.07, 6.45) is 2.26. The minimum absolute atomic E-state index is 0.381. The number of hydrogen-bond acceptors (Lipinski definition) is 3. The van der Waals surface area contributed by atoms with Crippen LogP contribution in [0.2, 0.25) is 0 Å². The maximum atomic E-state index is 11.7. The van der Waals surface area contributed by atoms with Gasteiger partial charge in [0.05, 0.1) is 0 Å². The van der Waals surface area contributed by atoms with Crippen LogP contribution in [-0.4, -0.2) is 53.7 Å². The summed E-state index contributed by atoms with van der Waals surface area (Å²) in [5.74, 6) is -0.522. The van der Waals surface area contributed by atoms with Gasteiger partial charge in [-0.25, -0.2) is 9.59 Å². The molecule has 116 valence electrons. The van der Waals surface area contributed by atoms with E-state index in [4.69, 9.17) is 5.11 Å². The Labute approximate surface area is 120 Å². The third-order valence-electron chi connectivity index (χ3n) is 3.78. The average Bonchev–Trinajstić information content (AvgIpc) is 2.84. The van der Waals surface area contributed by atoms with Gasteiger partial charge in [-0.15, -0.1) is 0 Å². The molecule has 1 rings (SSSR count). The minimum Gasteiger partial charge on any atom is -0.480 e. The summed E-state index contributed by atoms with van der Waals surface area (Å²) >= 11 is 0. The molecule has 3 N–H and O–H groups in total. The number of likely N-dealkylation sites (tertiary alicyclic amines) is 1. The van der Waals surface area contributed by atoms with Crippen LogP contribution >= 0.6 is 0 Å². The Kier molecular flexibility index (Phi) is 6.78. The van der Waals surface area contributed by atoms with Crippen LogP contribution in [0.15, 0.2) is 0 Å². The van der Waals surface area contributed by atoms with Crippen molar-refractivity contribution in [3.63, 3.8) is 0 Å². The number of amides is 2. The lowest BCUT2D eigenvalue weighted by atomic mass is 10.1. The molecule has 0 saturated carbocycles. The van der Waals surface area contributed by atoms with E-state index in [1.807, 2.05) is 6.92 Å². The highest BCUT2D eigenvalue weighted by atomic mass is 16.4. The van der Waals surface area contributed by atoms with Crippen LogP contribution in [0.4, 0.5) is 4.79 Å². The Morgan fingerprint density at radius 3 is 2.60 bits per heavy atom. The van der Waals surface area contributed by atoms with Crippen molar-refractivity contribution >= 4 is 12.0 Å². The summed E-state index contributed by atoms with van der Waals surface area (Å²) in [7, 11) is 0. The lowest BCUT2D eigenvalue weighted by molar-refractivity contribution is -0.139. The molecule has 1 aliphatic rings. The third-order valence-corrected chi connectivity index (χ3v) is 3.78. The molecule has 0 aliphatic carbocycles. The standard InChI is InChI=1S/C14H27N3O3/c1-4-5-12(13(18)19)16-14(20)15-8-11-6-7-17(9-11)10(2)3/h10-12H,4-9H2,1-3H3,(H,18,19)(H2,15,16,20)/t11?,12-/m0/s1. The predicted molar refractivity (Wildman–Crippen MR) is 77.7 cm³/mol. The van der Waals surface area contributed by atoms with Gasteiger partial charge in [-0.1, -0.05) is 13.3 Å². The van der Waals surface area contributed by atoms with Crippen molar-refractivity contribution in [2.45, 2.75) is 52.1 Å². The first kappa shape index (κ1) is 16.8. The van der Waals surface area contributed by atoms with E-state index in [1.165, 1.54) is 0 Å². The summed E-state index contributed by atoms with van der Waals surface area (Å²) < 4.78 is 0. The molecule has 1 heterocycles. The van der Waals surface area contributed by atoms with Gasteiger partial charge in [0.1, 0.15) is 6.04 Å². The molecule has 2 atom stereocenters. The van der Waals surface area contributed by atoms with Crippen molar-refractivity contribution < 1.29 is 14.7 Å². The molecule has 0 aromatic rings. The van der Waals surface area contributed by atoms with Gasteiger partial charge in [-0.2, -0.15) is 0 Å². The SMILES string of the molecule is CCC[C@H](NC(=O)NCC1CCN(C(C)C)C1)C(=O)O. The zero-order chi connectivity index (χ0) is 15.1. The highest BCUT2D eigenvalue weighted by molar-refractivity contribution is 5.82. The highest BCUT2D eigenvalue weighted by Crippen LogP contribution is 2.17. The second-order valence-corrected chi connectivity index (χ2v) is 5.78. The summed E-state index contributed by atoms with van der Waals surface area (Å²) in [6, 6.07) is -0.639. The molecule has 0 aromatic carbocycles. The third kappa shape index (κ3) is 5.36. The fourth-order valence-electron chi connectivity index (χ4n) is 2.49. The monoisotopic (exact) mass is 285 g/mol. The Hall–Kier alpha value is -1.30. The molecule has 0 radical (unpaired) electrons. The second kappa shape index (κ2) is 8.09. The number of nitrogens with one attached hydrogen (secondary N) is 2. The van der Waals surface area contributed by atoms with Crippen molar-refractivity contribution in [3.8, 4) is 0 Å². The molecule has 1 unspecified atom stereocenters. The number of carboxylic acids is 1. The lowest BCUT2D eigenvalue weighted by Crippen LogP contribution is -2.47. The fraction of sp³-hybridized carbons (Fsp3) is 0.857. The van der Waals surface area contributed by atoms with Crippen molar-refractivity contribution in [3.05, 3.63) is 0 Å². The first-order chi connectivity index (χ1) is 9.43. The topological polar surface area (TPSA) is 81.7 Å². The smallest absolute Gasteiger partial charge is 0.326 e. The molecule has 0 aromatic heterocycles. The number of urea groups is 1. The highest BCUT2D eigenvalue weighted by Gasteiger charge is 2.25. The molecule has 2 amide bonds. The van der Waals surface area contributed by atoms with E-state index in [0.717, 1.165) is 25.9 Å². The number of hydrogen-bond donors (Lipinski definition) is 3. The summed E-state index contributed by atoms with van der Waals surface area (Å²) in [4.78, 5) is 25.1. The van der Waals surface area contributed by atoms with Crippen LogP contribution in [0, 0.1) is 5.92 Å². The van der Waals surface area contributed by atoms with Crippen LogP contribution < -0.4 is 10.6 Å². The summed E-state index contributed by atoms with van der Waals surface area (Å²) in [5, 5.41) is 14.3. The lowest BCUT2D eigenvalue weighted by Gasteiger charge is -2.20. The van der Waals surface area contributed by atoms with Gasteiger partial charge < -0.3 is 20.6 Å². The molecule has 1 aliphatic heterocycles. The quantitative estimate of drug-likeness (QED) is 0.658. The molecule has 0 bridgehead atoms. The Morgan fingerprint density at radius 1 is 1.40 bits per heavy atom. The number of nitrogens with zero attached hydrogens (tertiary/aromatic N) is 1. The van der Waals surface area contributed by atoms with E-state index in [-0.39, 0.29) is 6.03 Å². The van der Waals surface area contributed by atoms with Crippen molar-refractivity contribution in [2.24, 2.45) is 5.92 Å². The van der Waals surface area contributed by atoms with E-state index in [2.05, 4.69) is 29.4 Å². The van der Waals surface area contributed by atoms with E-state index < -0.39 is 12.0 Å². The van der Waals surface area contributed by atoms with Gasteiger partial charge in [0, 0.05) is 19.1 Å². The number of carboxylic acid groups (broad SMARTS) is 1. The van der Waals surface area contributed by atoms with E-state index in [9.17, 15) is 9.59 Å². The van der Waals surface area contributed by atoms with Crippen LogP contribution in [0.1, 0.15) is 40.0 Å². The van der Waals surface area contributed by atoms with Gasteiger partial charge in [-0.05, 0) is 39.2 Å². The fourth-order valence-corrected chi connectivity index (χ4v) is 2.49. The molecule has 1 fully saturated rings. The summed E-state index contributed by atoms with van der Waals surface area (Å²) in [6.45, 7) is 8.91. The van der Waals surface area contributed by atoms with Crippen LogP contribution in [0.5, 0.6) is 0 Å². The number of aliphatic carboxylic acids is 1. The van der Waals surface area contributed by atoms with Crippen LogP contribution in [-0.2, 0) is 4.79 Å². The van der Waals surface area contributed by atoms with Gasteiger partial charge >= 0.3 is 12.0 Å². The molecule has 6 nitrogen and oxygen atoms in total. The first-order valence-corrected chi connectivity index (χ1v) is 7.45. The van der Waals surface area contributed by atoms with Crippen molar-refractivity contribution in [1.82, 2.24) is 15.5 Å². The molecular weight excluding hydrogens is 258 g/mol. The van der Waals surface area contributed by atoms with Crippen molar-refractivity contribution in [2.75, 3.05) is 19.6 Å². The molecule has 0 spiro atoms. The van der Waals surface area contributed by atoms with Crippen LogP contribution in [0.3, 0.4) is 0 Å².